The third-order valence-corrected chi connectivity index (χ3v) is 9.82. The number of rotatable bonds is 7. The number of fused-ring (bicyclic) bond motifs is 1. The number of halogens is 1. The van der Waals surface area contributed by atoms with Gasteiger partial charge in [0.2, 0.25) is 5.91 Å². The Labute approximate surface area is 235 Å². The molecule has 3 unspecified atom stereocenters. The minimum Gasteiger partial charge on any atom is -0.369 e. The smallest absolute Gasteiger partial charge is 0.260 e. The Bertz CT molecular complexity index is 1200. The lowest BCUT2D eigenvalue weighted by molar-refractivity contribution is -0.131. The molecule has 0 bridgehead atoms. The van der Waals surface area contributed by atoms with E-state index in [9.17, 15) is 14.0 Å². The van der Waals surface area contributed by atoms with Gasteiger partial charge in [-0.15, -0.1) is 11.8 Å². The molecule has 3 atom stereocenters. The van der Waals surface area contributed by atoms with Crippen LogP contribution in [0.25, 0.3) is 6.08 Å². The molecule has 2 heterocycles. The van der Waals surface area contributed by atoms with Crippen LogP contribution in [0.1, 0.15) is 36.8 Å². The van der Waals surface area contributed by atoms with Crippen molar-refractivity contribution in [2.45, 2.75) is 43.9 Å². The molecule has 2 aromatic rings. The maximum absolute atomic E-state index is 13.2. The van der Waals surface area contributed by atoms with Gasteiger partial charge in [-0.2, -0.15) is 0 Å². The number of benzene rings is 2. The number of hydrogen-bond donors (Lipinski definition) is 1. The zero-order chi connectivity index (χ0) is 27.4. The Balaban J connectivity index is 1.04. The average molecular weight is 551 g/mol. The number of amides is 2. The molecule has 1 aliphatic carbocycles. The van der Waals surface area contributed by atoms with Crippen LogP contribution >= 0.6 is 11.8 Å². The standard InChI is InChI=1S/C31H39FN4O2S/c1-22-6-3-4-7-23(22)21-29-31(38)34(2)27-20-24(8-13-28(27)39-29)30(37)33-14-5-15-35-16-18-36(19-17-35)26-11-9-25(32)10-12-26/h3-4,6-7,9-12,21,24,27-28H,5,8,13-20H2,1-2H3,(H,33,37)/b29-21-. The number of thioether (sulfide) groups is 1. The van der Waals surface area contributed by atoms with Crippen molar-refractivity contribution in [2.75, 3.05) is 51.2 Å². The molecule has 0 spiro atoms. The molecule has 3 aliphatic rings. The summed E-state index contributed by atoms with van der Waals surface area (Å²) in [5.74, 6) is -0.0548. The highest BCUT2D eigenvalue weighted by Gasteiger charge is 2.42. The van der Waals surface area contributed by atoms with Crippen LogP contribution in [0.4, 0.5) is 10.1 Å². The Hall–Kier alpha value is -2.84. The quantitative estimate of drug-likeness (QED) is 0.405. The highest BCUT2D eigenvalue weighted by atomic mass is 32.2. The van der Waals surface area contributed by atoms with Gasteiger partial charge in [0.25, 0.3) is 5.91 Å². The fourth-order valence-electron chi connectivity index (χ4n) is 5.97. The molecule has 5 rings (SSSR count). The lowest BCUT2D eigenvalue weighted by Gasteiger charge is -2.44. The number of piperazine rings is 1. The molecular formula is C31H39FN4O2S. The lowest BCUT2D eigenvalue weighted by Crippen LogP contribution is -2.52. The van der Waals surface area contributed by atoms with Crippen LogP contribution in [-0.2, 0) is 9.59 Å². The summed E-state index contributed by atoms with van der Waals surface area (Å²) in [5, 5.41) is 3.50. The van der Waals surface area contributed by atoms with Crippen LogP contribution in [0.3, 0.4) is 0 Å². The second kappa shape index (κ2) is 12.6. The number of nitrogens with one attached hydrogen (secondary N) is 1. The zero-order valence-electron chi connectivity index (χ0n) is 22.9. The highest BCUT2D eigenvalue weighted by Crippen LogP contribution is 2.43. The van der Waals surface area contributed by atoms with Gasteiger partial charge in [0, 0.05) is 62.7 Å². The van der Waals surface area contributed by atoms with Gasteiger partial charge in [-0.3, -0.25) is 14.5 Å². The van der Waals surface area contributed by atoms with E-state index < -0.39 is 0 Å². The zero-order valence-corrected chi connectivity index (χ0v) is 23.8. The molecule has 2 saturated heterocycles. The van der Waals surface area contributed by atoms with E-state index in [1.807, 2.05) is 42.3 Å². The van der Waals surface area contributed by atoms with Crippen molar-refractivity contribution in [1.82, 2.24) is 15.1 Å². The second-order valence-corrected chi connectivity index (χ2v) is 12.2. The Morgan fingerprint density at radius 2 is 1.82 bits per heavy atom. The van der Waals surface area contributed by atoms with E-state index in [0.717, 1.165) is 80.1 Å². The SMILES string of the molecule is Cc1ccccc1/C=C1\SC2CCC(C(=O)NCCCN3CCN(c4ccc(F)cc4)CC3)CC2N(C)C1=O. The number of carbonyl (C=O) groups is 2. The fraction of sp³-hybridized carbons (Fsp3) is 0.484. The Morgan fingerprint density at radius 1 is 1.08 bits per heavy atom. The molecule has 39 heavy (non-hydrogen) atoms. The number of likely N-dealkylation sites (N-methyl/N-ethyl adjacent to an activating group) is 1. The topological polar surface area (TPSA) is 55.9 Å². The van der Waals surface area contributed by atoms with Crippen LogP contribution in [0.15, 0.2) is 53.4 Å². The predicted octanol–water partition coefficient (Wildman–Crippen LogP) is 4.55. The predicted molar refractivity (Wildman–Crippen MR) is 157 cm³/mol. The molecule has 2 amide bonds. The summed E-state index contributed by atoms with van der Waals surface area (Å²) in [6, 6.07) is 14.9. The van der Waals surface area contributed by atoms with Crippen molar-refractivity contribution >= 4 is 35.3 Å². The number of hydrogen-bond acceptors (Lipinski definition) is 5. The third kappa shape index (κ3) is 6.67. The lowest BCUT2D eigenvalue weighted by atomic mass is 9.83. The van der Waals surface area contributed by atoms with Crippen LogP contribution < -0.4 is 10.2 Å². The van der Waals surface area contributed by atoms with E-state index in [2.05, 4.69) is 34.2 Å². The molecule has 6 nitrogen and oxygen atoms in total. The minimum atomic E-state index is -0.203. The molecule has 0 radical (unpaired) electrons. The van der Waals surface area contributed by atoms with Crippen molar-refractivity contribution in [3.05, 3.63) is 70.4 Å². The van der Waals surface area contributed by atoms with E-state index in [1.54, 1.807) is 11.8 Å². The van der Waals surface area contributed by atoms with Gasteiger partial charge in [0.15, 0.2) is 0 Å². The molecule has 1 saturated carbocycles. The maximum atomic E-state index is 13.2. The van der Waals surface area contributed by atoms with E-state index in [-0.39, 0.29) is 29.6 Å². The maximum Gasteiger partial charge on any atom is 0.260 e. The second-order valence-electron chi connectivity index (χ2n) is 11.0. The summed E-state index contributed by atoms with van der Waals surface area (Å²) in [6.45, 7) is 7.48. The van der Waals surface area contributed by atoms with Crippen molar-refractivity contribution in [3.63, 3.8) is 0 Å². The van der Waals surface area contributed by atoms with Crippen molar-refractivity contribution in [1.29, 1.82) is 0 Å². The van der Waals surface area contributed by atoms with Crippen LogP contribution in [0.5, 0.6) is 0 Å². The molecule has 3 fully saturated rings. The highest BCUT2D eigenvalue weighted by molar-refractivity contribution is 8.04. The van der Waals surface area contributed by atoms with Gasteiger partial charge in [-0.1, -0.05) is 24.3 Å². The van der Waals surface area contributed by atoms with Gasteiger partial charge in [-0.25, -0.2) is 4.39 Å². The van der Waals surface area contributed by atoms with E-state index >= 15 is 0 Å². The largest absolute Gasteiger partial charge is 0.369 e. The molecule has 8 heteroatoms. The molecular weight excluding hydrogens is 511 g/mol. The number of aryl methyl sites for hydroxylation is 1. The number of nitrogens with zero attached hydrogens (tertiary/aromatic N) is 3. The summed E-state index contributed by atoms with van der Waals surface area (Å²) < 4.78 is 13.2. The van der Waals surface area contributed by atoms with Crippen molar-refractivity contribution in [2.24, 2.45) is 5.92 Å². The van der Waals surface area contributed by atoms with Gasteiger partial charge < -0.3 is 15.1 Å². The summed E-state index contributed by atoms with van der Waals surface area (Å²) in [4.78, 5) is 33.6. The molecule has 0 aromatic heterocycles. The van der Waals surface area contributed by atoms with Crippen LogP contribution in [0, 0.1) is 18.7 Å². The van der Waals surface area contributed by atoms with E-state index in [4.69, 9.17) is 0 Å². The van der Waals surface area contributed by atoms with Crippen LogP contribution in [0.2, 0.25) is 0 Å². The first kappa shape index (κ1) is 27.7. The molecule has 208 valence electrons. The first-order valence-corrected chi connectivity index (χ1v) is 15.0. The Kier molecular flexibility index (Phi) is 8.92. The molecule has 1 N–H and O–H groups in total. The van der Waals surface area contributed by atoms with Gasteiger partial charge >= 0.3 is 0 Å². The first-order valence-electron chi connectivity index (χ1n) is 14.1. The summed E-state index contributed by atoms with van der Waals surface area (Å²) in [7, 11) is 1.89. The van der Waals surface area contributed by atoms with Gasteiger partial charge in [-0.05, 0) is 80.6 Å². The summed E-state index contributed by atoms with van der Waals surface area (Å²) in [5.41, 5.74) is 3.32. The average Bonchev–Trinajstić information content (AvgIpc) is 2.95. The fourth-order valence-corrected chi connectivity index (χ4v) is 7.44. The van der Waals surface area contributed by atoms with Gasteiger partial charge in [0.1, 0.15) is 5.82 Å². The van der Waals surface area contributed by atoms with Crippen molar-refractivity contribution in [3.8, 4) is 0 Å². The van der Waals surface area contributed by atoms with E-state index in [0.29, 0.717) is 11.8 Å². The number of anilines is 1. The first-order chi connectivity index (χ1) is 18.9. The molecule has 2 aliphatic heterocycles. The summed E-state index contributed by atoms with van der Waals surface area (Å²) >= 11 is 1.69. The van der Waals surface area contributed by atoms with Crippen LogP contribution in [-0.4, -0.2) is 79.2 Å². The molecule has 2 aromatic carbocycles. The number of carbonyl (C=O) groups excluding carboxylic acids is 2. The third-order valence-electron chi connectivity index (χ3n) is 8.42. The monoisotopic (exact) mass is 550 g/mol. The Morgan fingerprint density at radius 3 is 2.56 bits per heavy atom. The van der Waals surface area contributed by atoms with Gasteiger partial charge in [0.05, 0.1) is 4.91 Å². The summed E-state index contributed by atoms with van der Waals surface area (Å²) in [6.07, 6.45) is 5.48. The van der Waals surface area contributed by atoms with Crippen molar-refractivity contribution < 1.29 is 14.0 Å². The normalized spacial score (nSPS) is 25.1. The van der Waals surface area contributed by atoms with E-state index in [1.165, 1.54) is 12.1 Å². The minimum absolute atomic E-state index is 0.0387.